The molecule has 1 fully saturated rings. The minimum Gasteiger partial charge on any atom is -0.479 e. The van der Waals surface area contributed by atoms with Crippen molar-refractivity contribution in [2.75, 3.05) is 32.5 Å². The van der Waals surface area contributed by atoms with Crippen molar-refractivity contribution in [3.8, 4) is 17.0 Å². The van der Waals surface area contributed by atoms with E-state index in [0.29, 0.717) is 4.90 Å². The minimum atomic E-state index is -3.43. The number of nitrogens with zero attached hydrogens (tertiary/aromatic N) is 7. The van der Waals surface area contributed by atoms with Crippen molar-refractivity contribution in [2.24, 2.45) is 0 Å². The van der Waals surface area contributed by atoms with Crippen LogP contribution in [-0.2, 0) is 0 Å². The van der Waals surface area contributed by atoms with E-state index in [2.05, 4.69) is 25.4 Å². The van der Waals surface area contributed by atoms with Crippen molar-refractivity contribution in [2.45, 2.75) is 24.8 Å². The summed E-state index contributed by atoms with van der Waals surface area (Å²) in [6, 6.07) is -1.49. The van der Waals surface area contributed by atoms with Gasteiger partial charge in [-0.15, -0.1) is 5.10 Å². The molecule has 1 N–H and O–H groups in total. The monoisotopic (exact) mass is 485 g/mol. The average Bonchev–Trinajstić information content (AvgIpc) is 3.38. The Kier molecular flexibility index (Phi) is 4.45. The van der Waals surface area contributed by atoms with Crippen LogP contribution < -0.4 is 10.1 Å². The number of imidazole rings is 1. The number of ether oxygens (including phenoxy) is 1. The fourth-order valence-electron chi connectivity index (χ4n) is 3.95. The lowest BCUT2D eigenvalue weighted by Crippen LogP contribution is -2.53. The van der Waals surface area contributed by atoms with Gasteiger partial charge in [-0.2, -0.15) is 4.98 Å². The van der Waals surface area contributed by atoms with Crippen LogP contribution in [0.2, 0.25) is 0 Å². The predicted octanol–water partition coefficient (Wildman–Crippen LogP) is 3.28. The van der Waals surface area contributed by atoms with E-state index in [-0.39, 0.29) is 47.2 Å². The van der Waals surface area contributed by atoms with Crippen molar-refractivity contribution < 1.29 is 30.8 Å². The first kappa shape index (κ1) is 18.8. The third-order valence-electron chi connectivity index (χ3n) is 5.55. The molecule has 0 aliphatic carbocycles. The Morgan fingerprint density at radius 1 is 1.26 bits per heavy atom. The Balaban J connectivity index is 1.52. The summed E-state index contributed by atoms with van der Waals surface area (Å²) in [6.45, 7) is -3.76. The van der Waals surface area contributed by atoms with Gasteiger partial charge in [0.1, 0.15) is 11.2 Å². The van der Waals surface area contributed by atoms with Gasteiger partial charge in [-0.25, -0.2) is 36.4 Å². The number of anilines is 1. The number of hydrogen-bond donors (Lipinski definition) is 1. The van der Waals surface area contributed by atoms with Crippen LogP contribution in [0.5, 0.6) is 5.88 Å². The summed E-state index contributed by atoms with van der Waals surface area (Å²) < 4.78 is 101. The maximum atomic E-state index is 15.1. The number of fused-ring (bicyclic) bond motifs is 2. The van der Waals surface area contributed by atoms with E-state index in [4.69, 9.17) is 8.85 Å². The van der Waals surface area contributed by atoms with Crippen molar-refractivity contribution in [3.05, 3.63) is 36.3 Å². The van der Waals surface area contributed by atoms with Crippen molar-refractivity contribution >= 4 is 17.2 Å². The molecule has 1 aliphatic heterocycles. The number of alkyl halides is 4. The molecule has 180 valence electrons. The fraction of sp³-hybridized carbons (Fsp3) is 0.400. The summed E-state index contributed by atoms with van der Waals surface area (Å²) in [5.74, 6) is -4.75. The van der Waals surface area contributed by atoms with Gasteiger partial charge < -0.3 is 15.0 Å². The summed E-state index contributed by atoms with van der Waals surface area (Å²) in [5.41, 5.74) is -0.440. The molecule has 34 heavy (non-hydrogen) atoms. The number of hydrogen-bond acceptors (Lipinski definition) is 7. The van der Waals surface area contributed by atoms with E-state index >= 15 is 4.39 Å². The van der Waals surface area contributed by atoms with Crippen LogP contribution in [-0.4, -0.2) is 73.0 Å². The van der Waals surface area contributed by atoms with Crippen LogP contribution in [0.3, 0.4) is 0 Å². The molecule has 5 rings (SSSR count). The highest BCUT2D eigenvalue weighted by atomic mass is 19.3. The number of halogens is 5. The molecule has 0 radical (unpaired) electrons. The van der Waals surface area contributed by atoms with Crippen LogP contribution in [0.4, 0.5) is 27.9 Å². The van der Waals surface area contributed by atoms with Crippen LogP contribution >= 0.6 is 0 Å². The summed E-state index contributed by atoms with van der Waals surface area (Å²) in [4.78, 5) is 12.6. The lowest BCUT2D eigenvalue weighted by Gasteiger charge is -2.36. The Morgan fingerprint density at radius 3 is 2.76 bits per heavy atom. The summed E-state index contributed by atoms with van der Waals surface area (Å²) in [7, 11) is 1.23. The van der Waals surface area contributed by atoms with E-state index in [1.807, 2.05) is 0 Å². The Hall–Kier alpha value is -3.55. The quantitative estimate of drug-likeness (QED) is 0.435. The Bertz CT molecular complexity index is 1470. The molecule has 1 atom stereocenters. The molecule has 14 heteroatoms. The Labute approximate surface area is 193 Å². The van der Waals surface area contributed by atoms with E-state index in [1.165, 1.54) is 19.5 Å². The van der Waals surface area contributed by atoms with Gasteiger partial charge in [-0.05, 0) is 13.4 Å². The van der Waals surface area contributed by atoms with Crippen LogP contribution in [0.1, 0.15) is 22.7 Å². The summed E-state index contributed by atoms with van der Waals surface area (Å²) in [5, 5.41) is 6.58. The third kappa shape index (κ3) is 3.67. The lowest BCUT2D eigenvalue weighted by molar-refractivity contribution is -0.0675. The zero-order valence-corrected chi connectivity index (χ0v) is 17.5. The van der Waals surface area contributed by atoms with Crippen molar-refractivity contribution in [3.63, 3.8) is 0 Å². The first-order valence-corrected chi connectivity index (χ1v) is 10.0. The van der Waals surface area contributed by atoms with E-state index in [1.54, 1.807) is 0 Å². The van der Waals surface area contributed by atoms with Gasteiger partial charge in [0.15, 0.2) is 5.82 Å². The van der Waals surface area contributed by atoms with Crippen molar-refractivity contribution in [1.82, 2.24) is 33.9 Å². The van der Waals surface area contributed by atoms with E-state index in [9.17, 15) is 17.6 Å². The summed E-state index contributed by atoms with van der Waals surface area (Å²) >= 11 is 0. The maximum Gasteiger partial charge on any atom is 0.280 e. The molecule has 1 aliphatic rings. The van der Waals surface area contributed by atoms with Crippen LogP contribution in [0.15, 0.2) is 24.8 Å². The smallest absolute Gasteiger partial charge is 0.280 e. The highest BCUT2D eigenvalue weighted by Gasteiger charge is 2.44. The van der Waals surface area contributed by atoms with Crippen LogP contribution in [0.25, 0.3) is 22.4 Å². The molecule has 0 aromatic carbocycles. The zero-order valence-electron chi connectivity index (χ0n) is 20.5. The number of rotatable bonds is 5. The second-order valence-corrected chi connectivity index (χ2v) is 7.75. The second kappa shape index (κ2) is 8.04. The first-order chi connectivity index (χ1) is 17.4. The van der Waals surface area contributed by atoms with E-state index in [0.717, 1.165) is 21.3 Å². The highest BCUT2D eigenvalue weighted by Crippen LogP contribution is 2.35. The Morgan fingerprint density at radius 2 is 2.06 bits per heavy atom. The molecular formula is C20H19F5N8O. The van der Waals surface area contributed by atoms with Gasteiger partial charge in [-0.3, -0.25) is 4.40 Å². The molecule has 9 nitrogen and oxygen atoms in total. The average molecular weight is 485 g/mol. The molecule has 5 heterocycles. The van der Waals surface area contributed by atoms with Gasteiger partial charge in [0.25, 0.3) is 12.3 Å². The highest BCUT2D eigenvalue weighted by molar-refractivity contribution is 5.84. The molecule has 1 saturated heterocycles. The standard InChI is InChI=1S/C20H19F5N8O/c1-31-4-3-13(20(24,25)9-31)28-18-29-17(34-2)15-14(11(21)8-33(15)30-18)10-5-26-19-27-6-12(16(22)23)32(19)7-10/h5-8,13,16H,3-4,9H2,1-2H3,(H,28,30)/i1D3. The van der Waals surface area contributed by atoms with Gasteiger partial charge >= 0.3 is 0 Å². The van der Waals surface area contributed by atoms with Gasteiger partial charge in [0, 0.05) is 28.6 Å². The maximum absolute atomic E-state index is 15.1. The number of methoxy groups -OCH3 is 1. The van der Waals surface area contributed by atoms with Gasteiger partial charge in [-0.1, -0.05) is 0 Å². The van der Waals surface area contributed by atoms with Gasteiger partial charge in [0.2, 0.25) is 17.6 Å². The largest absolute Gasteiger partial charge is 0.479 e. The third-order valence-corrected chi connectivity index (χ3v) is 5.55. The molecule has 1 unspecified atom stereocenters. The van der Waals surface area contributed by atoms with Gasteiger partial charge in [0.05, 0.1) is 37.7 Å². The predicted molar refractivity (Wildman–Crippen MR) is 111 cm³/mol. The summed E-state index contributed by atoms with van der Waals surface area (Å²) in [6.07, 6.45) is 1.33. The van der Waals surface area contributed by atoms with Crippen LogP contribution in [0, 0.1) is 5.82 Å². The topological polar surface area (TPSA) is 84.9 Å². The fourth-order valence-corrected chi connectivity index (χ4v) is 3.95. The first-order valence-electron chi connectivity index (χ1n) is 11.5. The number of aromatic nitrogens is 6. The SMILES string of the molecule is [2H]C([2H])([2H])N1CCC(Nc2nc(OC)c3c(-c4cnc5ncc(C(F)F)n5c4)c(F)cn3n2)C(F)(F)C1. The lowest BCUT2D eigenvalue weighted by atomic mass is 10.0. The molecule has 0 amide bonds. The normalized spacial score (nSPS) is 20.4. The molecular weight excluding hydrogens is 463 g/mol. The molecule has 0 saturated carbocycles. The number of likely N-dealkylation sites (tertiary alicyclic amines) is 1. The number of nitrogens with one attached hydrogen (secondary N) is 1. The molecule has 0 spiro atoms. The van der Waals surface area contributed by atoms with E-state index < -0.39 is 43.4 Å². The second-order valence-electron chi connectivity index (χ2n) is 7.75. The molecule has 0 bridgehead atoms. The minimum absolute atomic E-state index is 0.00870. The van der Waals surface area contributed by atoms with Crippen molar-refractivity contribution in [1.29, 1.82) is 0 Å². The zero-order chi connectivity index (χ0) is 26.7. The number of piperidine rings is 1. The molecule has 4 aromatic rings. The molecule has 4 aromatic heterocycles.